The van der Waals surface area contributed by atoms with Crippen molar-refractivity contribution in [1.82, 2.24) is 4.98 Å². The van der Waals surface area contributed by atoms with E-state index < -0.39 is 12.7 Å². The van der Waals surface area contributed by atoms with Crippen molar-refractivity contribution in [3.63, 3.8) is 0 Å². The Morgan fingerprint density at radius 1 is 1.36 bits per heavy atom. The molecule has 1 amide bonds. The van der Waals surface area contributed by atoms with Gasteiger partial charge in [0.15, 0.2) is 5.13 Å². The Hall–Kier alpha value is -1.77. The molecular formula is C16H20ClF2N3O2S. The molecule has 0 bridgehead atoms. The predicted octanol–water partition coefficient (Wildman–Crippen LogP) is 4.21. The molecule has 1 aromatic heterocycles. The van der Waals surface area contributed by atoms with Gasteiger partial charge in [-0.3, -0.25) is 4.79 Å². The fourth-order valence-corrected chi connectivity index (χ4v) is 2.99. The third-order valence-corrected chi connectivity index (χ3v) is 4.20. The SMILES string of the molecule is CCCC(N)C(=O)Nc1nc(-c2ccc(OC(F)F)cc2)c(C)s1.Cl. The molecule has 0 aliphatic heterocycles. The lowest BCUT2D eigenvalue weighted by atomic mass is 10.1. The predicted molar refractivity (Wildman–Crippen MR) is 97.7 cm³/mol. The summed E-state index contributed by atoms with van der Waals surface area (Å²) in [7, 11) is 0. The second kappa shape index (κ2) is 9.65. The maximum atomic E-state index is 12.2. The number of carbonyl (C=O) groups excluding carboxylic acids is 1. The fraction of sp³-hybridized carbons (Fsp3) is 0.375. The summed E-state index contributed by atoms with van der Waals surface area (Å²) in [5, 5.41) is 3.18. The molecule has 2 aromatic rings. The number of alkyl halides is 2. The molecule has 1 heterocycles. The monoisotopic (exact) mass is 391 g/mol. The van der Waals surface area contributed by atoms with Crippen molar-refractivity contribution >= 4 is 34.8 Å². The topological polar surface area (TPSA) is 77.2 Å². The first-order valence-electron chi connectivity index (χ1n) is 7.49. The van der Waals surface area contributed by atoms with Gasteiger partial charge in [-0.25, -0.2) is 4.98 Å². The Bertz CT molecular complexity index is 695. The zero-order valence-corrected chi connectivity index (χ0v) is 15.4. The van der Waals surface area contributed by atoms with Gasteiger partial charge in [0.1, 0.15) is 5.75 Å². The summed E-state index contributed by atoms with van der Waals surface area (Å²) >= 11 is 1.34. The molecule has 25 heavy (non-hydrogen) atoms. The average Bonchev–Trinajstić information content (AvgIpc) is 2.88. The van der Waals surface area contributed by atoms with Gasteiger partial charge >= 0.3 is 6.61 Å². The van der Waals surface area contributed by atoms with Crippen molar-refractivity contribution < 1.29 is 18.3 Å². The number of amides is 1. The smallest absolute Gasteiger partial charge is 0.387 e. The molecule has 3 N–H and O–H groups in total. The number of aromatic nitrogens is 1. The Kier molecular flexibility index (Phi) is 8.21. The molecule has 1 aromatic carbocycles. The molecule has 0 aliphatic carbocycles. The fourth-order valence-electron chi connectivity index (χ4n) is 2.15. The first kappa shape index (κ1) is 21.3. The average molecular weight is 392 g/mol. The van der Waals surface area contributed by atoms with E-state index in [1.807, 2.05) is 13.8 Å². The van der Waals surface area contributed by atoms with Crippen LogP contribution in [0.5, 0.6) is 5.75 Å². The van der Waals surface area contributed by atoms with Crippen LogP contribution in [0.15, 0.2) is 24.3 Å². The number of halogens is 3. The summed E-state index contributed by atoms with van der Waals surface area (Å²) < 4.78 is 28.7. The zero-order chi connectivity index (χ0) is 17.7. The molecule has 0 saturated heterocycles. The Morgan fingerprint density at radius 2 is 2.00 bits per heavy atom. The molecule has 138 valence electrons. The number of benzene rings is 1. The van der Waals surface area contributed by atoms with Gasteiger partial charge in [-0.05, 0) is 37.6 Å². The molecule has 0 spiro atoms. The first-order chi connectivity index (χ1) is 11.4. The Labute approximate surface area is 155 Å². The van der Waals surface area contributed by atoms with Gasteiger partial charge in [-0.2, -0.15) is 8.78 Å². The highest BCUT2D eigenvalue weighted by Crippen LogP contribution is 2.31. The second-order valence-electron chi connectivity index (χ2n) is 5.21. The van der Waals surface area contributed by atoms with Crippen molar-refractivity contribution in [1.29, 1.82) is 0 Å². The largest absolute Gasteiger partial charge is 0.435 e. The maximum Gasteiger partial charge on any atom is 0.387 e. The van der Waals surface area contributed by atoms with E-state index in [2.05, 4.69) is 15.0 Å². The van der Waals surface area contributed by atoms with Gasteiger partial charge in [0, 0.05) is 10.4 Å². The van der Waals surface area contributed by atoms with Crippen molar-refractivity contribution in [2.75, 3.05) is 5.32 Å². The number of carbonyl (C=O) groups is 1. The molecular weight excluding hydrogens is 372 g/mol. The van der Waals surface area contributed by atoms with E-state index in [0.717, 1.165) is 16.9 Å². The van der Waals surface area contributed by atoms with E-state index in [1.54, 1.807) is 12.1 Å². The minimum absolute atomic E-state index is 0. The minimum atomic E-state index is -2.86. The maximum absolute atomic E-state index is 12.2. The zero-order valence-electron chi connectivity index (χ0n) is 13.8. The molecule has 0 radical (unpaired) electrons. The number of ether oxygens (including phenoxy) is 1. The molecule has 2 rings (SSSR count). The number of thiazole rings is 1. The summed E-state index contributed by atoms with van der Waals surface area (Å²) in [6.45, 7) is 0.976. The number of nitrogens with two attached hydrogens (primary N) is 1. The first-order valence-corrected chi connectivity index (χ1v) is 8.31. The molecule has 1 atom stereocenters. The van der Waals surface area contributed by atoms with Crippen molar-refractivity contribution in [2.24, 2.45) is 5.73 Å². The van der Waals surface area contributed by atoms with Gasteiger partial charge in [0.2, 0.25) is 5.91 Å². The lowest BCUT2D eigenvalue weighted by molar-refractivity contribution is -0.117. The summed E-state index contributed by atoms with van der Waals surface area (Å²) in [5.41, 5.74) is 7.21. The van der Waals surface area contributed by atoms with Gasteiger partial charge < -0.3 is 15.8 Å². The molecule has 0 fully saturated rings. The number of hydrogen-bond donors (Lipinski definition) is 2. The van der Waals surface area contributed by atoms with Crippen molar-refractivity contribution in [3.8, 4) is 17.0 Å². The highest BCUT2D eigenvalue weighted by Gasteiger charge is 2.16. The molecule has 0 saturated carbocycles. The number of nitrogens with one attached hydrogen (secondary N) is 1. The normalized spacial score (nSPS) is 11.8. The second-order valence-corrected chi connectivity index (χ2v) is 6.41. The van der Waals surface area contributed by atoms with Crippen LogP contribution >= 0.6 is 23.7 Å². The van der Waals surface area contributed by atoms with Crippen LogP contribution in [0, 0.1) is 6.92 Å². The number of hydrogen-bond acceptors (Lipinski definition) is 5. The van der Waals surface area contributed by atoms with Crippen molar-refractivity contribution in [3.05, 3.63) is 29.1 Å². The van der Waals surface area contributed by atoms with Crippen LogP contribution in [0.3, 0.4) is 0 Å². The van der Waals surface area contributed by atoms with E-state index in [0.29, 0.717) is 17.2 Å². The number of aryl methyl sites for hydroxylation is 1. The van der Waals surface area contributed by atoms with Gasteiger partial charge in [0.25, 0.3) is 0 Å². The van der Waals surface area contributed by atoms with Crippen molar-refractivity contribution in [2.45, 2.75) is 39.3 Å². The number of rotatable bonds is 7. The Morgan fingerprint density at radius 3 is 2.56 bits per heavy atom. The van der Waals surface area contributed by atoms with E-state index in [4.69, 9.17) is 5.73 Å². The van der Waals surface area contributed by atoms with Crippen LogP contribution in [0.1, 0.15) is 24.6 Å². The van der Waals surface area contributed by atoms with Gasteiger partial charge in [-0.1, -0.05) is 13.3 Å². The quantitative estimate of drug-likeness (QED) is 0.741. The van der Waals surface area contributed by atoms with E-state index >= 15 is 0 Å². The number of nitrogens with zero attached hydrogens (tertiary/aromatic N) is 1. The third kappa shape index (κ3) is 5.91. The van der Waals surface area contributed by atoms with Crippen LogP contribution in [0.25, 0.3) is 11.3 Å². The molecule has 9 heteroatoms. The lowest BCUT2D eigenvalue weighted by Gasteiger charge is -2.08. The lowest BCUT2D eigenvalue weighted by Crippen LogP contribution is -2.35. The van der Waals surface area contributed by atoms with Crippen LogP contribution in [0.4, 0.5) is 13.9 Å². The van der Waals surface area contributed by atoms with E-state index in [-0.39, 0.29) is 24.1 Å². The summed E-state index contributed by atoms with van der Waals surface area (Å²) in [6, 6.07) is 5.64. The van der Waals surface area contributed by atoms with Crippen LogP contribution in [0.2, 0.25) is 0 Å². The molecule has 1 unspecified atom stereocenters. The van der Waals surface area contributed by atoms with Gasteiger partial charge in [-0.15, -0.1) is 23.7 Å². The summed E-state index contributed by atoms with van der Waals surface area (Å²) in [5.74, 6) is -0.182. The number of anilines is 1. The third-order valence-electron chi connectivity index (χ3n) is 3.32. The molecule has 0 aliphatic rings. The van der Waals surface area contributed by atoms with E-state index in [1.165, 1.54) is 23.5 Å². The highest BCUT2D eigenvalue weighted by atomic mass is 35.5. The minimum Gasteiger partial charge on any atom is -0.435 e. The Balaban J connectivity index is 0.00000312. The highest BCUT2D eigenvalue weighted by molar-refractivity contribution is 7.16. The van der Waals surface area contributed by atoms with Crippen LogP contribution in [-0.4, -0.2) is 23.5 Å². The van der Waals surface area contributed by atoms with E-state index in [9.17, 15) is 13.6 Å². The van der Waals surface area contributed by atoms with Crippen LogP contribution in [-0.2, 0) is 4.79 Å². The summed E-state index contributed by atoms with van der Waals surface area (Å²) in [4.78, 5) is 17.2. The standard InChI is InChI=1S/C16H19F2N3O2S.ClH/c1-3-4-12(19)14(22)21-16-20-13(9(2)24-16)10-5-7-11(8-6-10)23-15(17)18;/h5-8,12,15H,3-4,19H2,1-2H3,(H,20,21,22);1H. The van der Waals surface area contributed by atoms with Gasteiger partial charge in [0.05, 0.1) is 11.7 Å². The van der Waals surface area contributed by atoms with Crippen LogP contribution < -0.4 is 15.8 Å². The summed E-state index contributed by atoms with van der Waals surface area (Å²) in [6.07, 6.45) is 1.43. The molecule has 5 nitrogen and oxygen atoms in total.